The molecule has 0 aromatic carbocycles. The van der Waals surface area contributed by atoms with E-state index in [9.17, 15) is 8.42 Å². The molecule has 5 heteroatoms. The molecule has 0 N–H and O–H groups in total. The fourth-order valence-electron chi connectivity index (χ4n) is 1.35. The van der Waals surface area contributed by atoms with E-state index >= 15 is 0 Å². The van der Waals surface area contributed by atoms with Gasteiger partial charge in [-0.3, -0.25) is 0 Å². The van der Waals surface area contributed by atoms with Crippen molar-refractivity contribution in [2.75, 3.05) is 18.6 Å². The van der Waals surface area contributed by atoms with E-state index < -0.39 is 10.0 Å². The molecular weight excluding hydrogens is 206 g/mol. The molecule has 0 spiro atoms. The van der Waals surface area contributed by atoms with Gasteiger partial charge in [-0.15, -0.1) is 0 Å². The number of thioether (sulfide) groups is 1. The van der Waals surface area contributed by atoms with Crippen LogP contribution in [0.25, 0.3) is 0 Å². The van der Waals surface area contributed by atoms with Crippen LogP contribution in [0.2, 0.25) is 0 Å². The molecule has 0 radical (unpaired) electrons. The summed E-state index contributed by atoms with van der Waals surface area (Å²) in [4.78, 5) is 0. The van der Waals surface area contributed by atoms with E-state index in [-0.39, 0.29) is 11.3 Å². The van der Waals surface area contributed by atoms with Crippen LogP contribution in [0.3, 0.4) is 0 Å². The average molecular weight is 223 g/mol. The van der Waals surface area contributed by atoms with Crippen LogP contribution in [-0.4, -0.2) is 42.6 Å². The summed E-state index contributed by atoms with van der Waals surface area (Å²) in [7, 11) is -1.34. The summed E-state index contributed by atoms with van der Waals surface area (Å²) in [5.41, 5.74) is 0. The molecule has 1 aliphatic rings. The molecule has 1 heterocycles. The maximum atomic E-state index is 11.7. The van der Waals surface area contributed by atoms with Crippen molar-refractivity contribution in [2.45, 2.75) is 31.6 Å². The largest absolute Gasteiger partial charge is 0.216 e. The lowest BCUT2D eigenvalue weighted by Gasteiger charge is -2.24. The Balaban J connectivity index is 2.71. The highest BCUT2D eigenvalue weighted by molar-refractivity contribution is 7.99. The first-order chi connectivity index (χ1) is 5.96. The molecule has 1 aliphatic heterocycles. The van der Waals surface area contributed by atoms with Crippen LogP contribution in [-0.2, 0) is 10.0 Å². The topological polar surface area (TPSA) is 37.4 Å². The second-order valence-electron chi connectivity index (χ2n) is 3.63. The highest BCUT2D eigenvalue weighted by atomic mass is 32.2. The van der Waals surface area contributed by atoms with Crippen molar-refractivity contribution in [1.82, 2.24) is 4.31 Å². The van der Waals surface area contributed by atoms with Gasteiger partial charge in [-0.05, 0) is 26.0 Å². The Morgan fingerprint density at radius 3 is 2.46 bits per heavy atom. The van der Waals surface area contributed by atoms with Crippen LogP contribution in [0, 0.1) is 0 Å². The van der Waals surface area contributed by atoms with Crippen LogP contribution < -0.4 is 0 Å². The smallest absolute Gasteiger partial charge is 0.212 e. The van der Waals surface area contributed by atoms with Gasteiger partial charge in [0.2, 0.25) is 10.0 Å². The minimum Gasteiger partial charge on any atom is -0.212 e. The monoisotopic (exact) mass is 223 g/mol. The summed E-state index contributed by atoms with van der Waals surface area (Å²) >= 11 is 1.83. The van der Waals surface area contributed by atoms with Gasteiger partial charge >= 0.3 is 0 Å². The lowest BCUT2D eigenvalue weighted by atomic mass is 10.3. The fraction of sp³-hybridized carbons (Fsp3) is 1.00. The molecule has 0 aliphatic carbocycles. The second kappa shape index (κ2) is 4.19. The summed E-state index contributed by atoms with van der Waals surface area (Å²) in [6.07, 6.45) is 0.993. The zero-order valence-electron chi connectivity index (χ0n) is 8.36. The van der Waals surface area contributed by atoms with Gasteiger partial charge < -0.3 is 0 Å². The van der Waals surface area contributed by atoms with Crippen molar-refractivity contribution in [3.8, 4) is 0 Å². The van der Waals surface area contributed by atoms with Gasteiger partial charge in [-0.1, -0.05) is 0 Å². The van der Waals surface area contributed by atoms with E-state index in [1.54, 1.807) is 25.2 Å². The molecular formula is C8H17NO2S2. The van der Waals surface area contributed by atoms with Crippen molar-refractivity contribution in [3.05, 3.63) is 0 Å². The van der Waals surface area contributed by atoms with Gasteiger partial charge in [0.15, 0.2) is 0 Å². The van der Waals surface area contributed by atoms with Crippen molar-refractivity contribution >= 4 is 21.8 Å². The van der Waals surface area contributed by atoms with Gasteiger partial charge in [-0.2, -0.15) is 11.8 Å². The van der Waals surface area contributed by atoms with Crippen LogP contribution in [0.1, 0.15) is 20.3 Å². The first-order valence-electron chi connectivity index (χ1n) is 4.51. The zero-order valence-corrected chi connectivity index (χ0v) is 9.99. The third-order valence-electron chi connectivity index (χ3n) is 2.42. The highest BCUT2D eigenvalue weighted by Gasteiger charge is 2.30. The van der Waals surface area contributed by atoms with E-state index in [0.29, 0.717) is 0 Å². The average Bonchev–Trinajstić information content (AvgIpc) is 2.54. The molecule has 1 rings (SSSR count). The molecule has 0 amide bonds. The van der Waals surface area contributed by atoms with E-state index in [2.05, 4.69) is 0 Å². The van der Waals surface area contributed by atoms with Crippen molar-refractivity contribution in [3.63, 3.8) is 0 Å². The molecule has 0 aromatic rings. The number of hydrogen-bond acceptors (Lipinski definition) is 3. The summed E-state index contributed by atoms with van der Waals surface area (Å²) in [5.74, 6) is 2.03. The van der Waals surface area contributed by atoms with Crippen LogP contribution in [0.5, 0.6) is 0 Å². The van der Waals surface area contributed by atoms with E-state index in [4.69, 9.17) is 0 Å². The lowest BCUT2D eigenvalue weighted by molar-refractivity contribution is 0.390. The summed E-state index contributed by atoms with van der Waals surface area (Å²) in [6, 6.07) is 0.220. The van der Waals surface area contributed by atoms with Crippen molar-refractivity contribution in [2.24, 2.45) is 0 Å². The van der Waals surface area contributed by atoms with Gasteiger partial charge in [0.05, 0.1) is 5.25 Å². The van der Waals surface area contributed by atoms with Crippen LogP contribution in [0.4, 0.5) is 0 Å². The SMILES string of the molecule is CC(C)S(=O)(=O)N(C)C1CCSC1. The highest BCUT2D eigenvalue weighted by Crippen LogP contribution is 2.24. The predicted octanol–water partition coefficient (Wildman–Crippen LogP) is 1.16. The van der Waals surface area contributed by atoms with Crippen LogP contribution in [0.15, 0.2) is 0 Å². The Morgan fingerprint density at radius 1 is 1.46 bits per heavy atom. The number of nitrogens with zero attached hydrogens (tertiary/aromatic N) is 1. The Hall–Kier alpha value is 0.260. The molecule has 13 heavy (non-hydrogen) atoms. The molecule has 3 nitrogen and oxygen atoms in total. The molecule has 0 aromatic heterocycles. The molecule has 0 saturated carbocycles. The first-order valence-corrected chi connectivity index (χ1v) is 7.16. The fourth-order valence-corrected chi connectivity index (χ4v) is 3.97. The Kier molecular flexibility index (Phi) is 3.65. The molecule has 1 atom stereocenters. The third kappa shape index (κ3) is 2.39. The number of rotatable bonds is 3. The molecule has 0 bridgehead atoms. The Morgan fingerprint density at radius 2 is 2.08 bits per heavy atom. The predicted molar refractivity (Wildman–Crippen MR) is 57.5 cm³/mol. The van der Waals surface area contributed by atoms with E-state index in [1.165, 1.54) is 0 Å². The lowest BCUT2D eigenvalue weighted by Crippen LogP contribution is -2.40. The summed E-state index contributed by atoms with van der Waals surface area (Å²) in [5, 5.41) is -0.303. The van der Waals surface area contributed by atoms with E-state index in [1.807, 2.05) is 11.8 Å². The molecule has 78 valence electrons. The minimum atomic E-state index is -3.04. The van der Waals surface area contributed by atoms with Crippen molar-refractivity contribution in [1.29, 1.82) is 0 Å². The summed E-state index contributed by atoms with van der Waals surface area (Å²) in [6.45, 7) is 3.46. The maximum absolute atomic E-state index is 11.7. The minimum absolute atomic E-state index is 0.220. The summed E-state index contributed by atoms with van der Waals surface area (Å²) < 4.78 is 25.0. The number of hydrogen-bond donors (Lipinski definition) is 0. The van der Waals surface area contributed by atoms with Crippen LogP contribution >= 0.6 is 11.8 Å². The van der Waals surface area contributed by atoms with Gasteiger partial charge in [0.1, 0.15) is 0 Å². The molecule has 1 fully saturated rings. The van der Waals surface area contributed by atoms with Gasteiger partial charge in [0, 0.05) is 18.8 Å². The quantitative estimate of drug-likeness (QED) is 0.720. The molecule has 1 unspecified atom stereocenters. The zero-order chi connectivity index (χ0) is 10.1. The van der Waals surface area contributed by atoms with Gasteiger partial charge in [-0.25, -0.2) is 12.7 Å². The standard InChI is InChI=1S/C8H17NO2S2/c1-7(2)13(10,11)9(3)8-4-5-12-6-8/h7-8H,4-6H2,1-3H3. The first kappa shape index (κ1) is 11.3. The normalized spacial score (nSPS) is 24.5. The van der Waals surface area contributed by atoms with Gasteiger partial charge in [0.25, 0.3) is 0 Å². The van der Waals surface area contributed by atoms with E-state index in [0.717, 1.165) is 17.9 Å². The third-order valence-corrected chi connectivity index (χ3v) is 5.85. The number of sulfonamides is 1. The molecule has 1 saturated heterocycles. The Labute approximate surface area is 84.9 Å². The van der Waals surface area contributed by atoms with Crippen molar-refractivity contribution < 1.29 is 8.42 Å². The second-order valence-corrected chi connectivity index (χ2v) is 7.33. The Bertz CT molecular complexity index is 255. The maximum Gasteiger partial charge on any atom is 0.216 e.